The Hall–Kier alpha value is -1.95. The van der Waals surface area contributed by atoms with Gasteiger partial charge in [-0.2, -0.15) is 0 Å². The van der Waals surface area contributed by atoms with Crippen molar-refractivity contribution in [2.24, 2.45) is 0 Å². The second-order valence-corrected chi connectivity index (χ2v) is 4.48. The predicted octanol–water partition coefficient (Wildman–Crippen LogP) is 4.22. The lowest BCUT2D eigenvalue weighted by Crippen LogP contribution is -1.98. The number of carboxylic acid groups (broad SMARTS) is 1. The summed E-state index contributed by atoms with van der Waals surface area (Å²) in [7, 11) is 0. The molecule has 0 aliphatic rings. The molecule has 2 aromatic rings. The third-order valence-corrected chi connectivity index (χ3v) is 2.91. The van der Waals surface area contributed by atoms with Crippen molar-refractivity contribution in [1.82, 2.24) is 0 Å². The van der Waals surface area contributed by atoms with Gasteiger partial charge in [0.2, 0.25) is 0 Å². The van der Waals surface area contributed by atoms with Crippen molar-refractivity contribution in [1.29, 1.82) is 0 Å². The zero-order valence-corrected chi connectivity index (χ0v) is 10.9. The van der Waals surface area contributed by atoms with E-state index in [0.29, 0.717) is 0 Å². The highest BCUT2D eigenvalue weighted by molar-refractivity contribution is 9.10. The van der Waals surface area contributed by atoms with Crippen LogP contribution in [0.3, 0.4) is 0 Å². The molecule has 0 saturated carbocycles. The maximum absolute atomic E-state index is 13.6. The summed E-state index contributed by atoms with van der Waals surface area (Å²) in [6.07, 6.45) is 0. The van der Waals surface area contributed by atoms with E-state index in [-0.39, 0.29) is 21.5 Å². The van der Waals surface area contributed by atoms with E-state index in [1.165, 1.54) is 30.3 Å². The Morgan fingerprint density at radius 1 is 1.11 bits per heavy atom. The number of benzene rings is 2. The highest BCUT2D eigenvalue weighted by Crippen LogP contribution is 2.28. The predicted molar refractivity (Wildman–Crippen MR) is 67.5 cm³/mol. The van der Waals surface area contributed by atoms with Crippen LogP contribution in [0.15, 0.2) is 40.9 Å². The summed E-state index contributed by atoms with van der Waals surface area (Å²) >= 11 is 2.98. The quantitative estimate of drug-likeness (QED) is 0.917. The van der Waals surface area contributed by atoms with Gasteiger partial charge in [0.25, 0.3) is 0 Å². The lowest BCUT2D eigenvalue weighted by Gasteiger charge is -2.08. The smallest absolute Gasteiger partial charge is 0.335 e. The third-order valence-electron chi connectivity index (χ3n) is 2.30. The van der Waals surface area contributed by atoms with Crippen LogP contribution >= 0.6 is 15.9 Å². The first-order valence-electron chi connectivity index (χ1n) is 5.13. The molecule has 6 heteroatoms. The monoisotopic (exact) mass is 328 g/mol. The van der Waals surface area contributed by atoms with E-state index in [2.05, 4.69) is 15.9 Å². The van der Waals surface area contributed by atoms with Crippen LogP contribution in [0.4, 0.5) is 8.78 Å². The number of hydrogen-bond acceptors (Lipinski definition) is 2. The SMILES string of the molecule is O=C(O)c1ccc(Oc2ccc(F)c(Br)c2)c(F)c1. The van der Waals surface area contributed by atoms with Crippen LogP contribution in [-0.2, 0) is 0 Å². The molecule has 1 N–H and O–H groups in total. The molecular formula is C13H7BrF2O3. The van der Waals surface area contributed by atoms with Crippen LogP contribution in [0, 0.1) is 11.6 Å². The topological polar surface area (TPSA) is 46.5 Å². The number of halogens is 3. The molecule has 0 amide bonds. The summed E-state index contributed by atoms with van der Waals surface area (Å²) in [5.74, 6) is -2.40. The highest BCUT2D eigenvalue weighted by Gasteiger charge is 2.10. The molecule has 0 bridgehead atoms. The first-order valence-corrected chi connectivity index (χ1v) is 5.92. The number of ether oxygens (including phenoxy) is 1. The number of rotatable bonds is 3. The van der Waals surface area contributed by atoms with Crippen LogP contribution < -0.4 is 4.74 Å². The Morgan fingerprint density at radius 3 is 2.42 bits per heavy atom. The van der Waals surface area contributed by atoms with Crippen molar-refractivity contribution < 1.29 is 23.4 Å². The van der Waals surface area contributed by atoms with E-state index in [1.54, 1.807) is 0 Å². The Kier molecular flexibility index (Phi) is 3.80. The maximum Gasteiger partial charge on any atom is 0.335 e. The molecule has 3 nitrogen and oxygen atoms in total. The molecule has 0 aromatic heterocycles. The van der Waals surface area contributed by atoms with Gasteiger partial charge in [-0.25, -0.2) is 13.6 Å². The molecule has 2 rings (SSSR count). The summed E-state index contributed by atoms with van der Waals surface area (Å²) in [5.41, 5.74) is -0.176. The molecule has 0 aliphatic heterocycles. The highest BCUT2D eigenvalue weighted by atomic mass is 79.9. The molecule has 0 unspecified atom stereocenters. The van der Waals surface area contributed by atoms with Crippen LogP contribution in [0.2, 0.25) is 0 Å². The third kappa shape index (κ3) is 3.08. The minimum absolute atomic E-state index is 0.136. The van der Waals surface area contributed by atoms with E-state index in [4.69, 9.17) is 9.84 Å². The van der Waals surface area contributed by atoms with Crippen molar-refractivity contribution >= 4 is 21.9 Å². The molecule has 0 radical (unpaired) electrons. The zero-order chi connectivity index (χ0) is 14.0. The van der Waals surface area contributed by atoms with E-state index < -0.39 is 17.6 Å². The van der Waals surface area contributed by atoms with Crippen molar-refractivity contribution in [3.05, 3.63) is 58.1 Å². The van der Waals surface area contributed by atoms with Gasteiger partial charge in [0.15, 0.2) is 11.6 Å². The van der Waals surface area contributed by atoms with Gasteiger partial charge in [0, 0.05) is 0 Å². The lowest BCUT2D eigenvalue weighted by molar-refractivity contribution is 0.0696. The molecule has 0 spiro atoms. The lowest BCUT2D eigenvalue weighted by atomic mass is 10.2. The van der Waals surface area contributed by atoms with Crippen LogP contribution in [0.5, 0.6) is 11.5 Å². The molecule has 19 heavy (non-hydrogen) atoms. The van der Waals surface area contributed by atoms with Gasteiger partial charge in [0.05, 0.1) is 10.0 Å². The number of aromatic carboxylic acids is 1. The van der Waals surface area contributed by atoms with E-state index in [9.17, 15) is 13.6 Å². The molecule has 0 atom stereocenters. The number of carboxylic acids is 1. The van der Waals surface area contributed by atoms with Crippen LogP contribution in [0.25, 0.3) is 0 Å². The van der Waals surface area contributed by atoms with Gasteiger partial charge >= 0.3 is 5.97 Å². The first-order chi connectivity index (χ1) is 8.97. The van der Waals surface area contributed by atoms with Crippen molar-refractivity contribution in [3.8, 4) is 11.5 Å². The number of carbonyl (C=O) groups is 1. The van der Waals surface area contributed by atoms with E-state index in [1.807, 2.05) is 0 Å². The van der Waals surface area contributed by atoms with Gasteiger partial charge < -0.3 is 9.84 Å². The van der Waals surface area contributed by atoms with Crippen molar-refractivity contribution in [2.45, 2.75) is 0 Å². The largest absolute Gasteiger partial charge is 0.478 e. The summed E-state index contributed by atoms with van der Waals surface area (Å²) < 4.78 is 32.0. The summed E-state index contributed by atoms with van der Waals surface area (Å²) in [6, 6.07) is 7.14. The summed E-state index contributed by atoms with van der Waals surface area (Å²) in [6.45, 7) is 0. The van der Waals surface area contributed by atoms with Crippen molar-refractivity contribution in [3.63, 3.8) is 0 Å². The zero-order valence-electron chi connectivity index (χ0n) is 9.36. The minimum Gasteiger partial charge on any atom is -0.478 e. The summed E-state index contributed by atoms with van der Waals surface area (Å²) in [4.78, 5) is 10.6. The first kappa shape index (κ1) is 13.5. The Morgan fingerprint density at radius 2 is 1.84 bits per heavy atom. The van der Waals surface area contributed by atoms with Crippen LogP contribution in [0.1, 0.15) is 10.4 Å². The molecule has 0 aliphatic carbocycles. The molecule has 2 aromatic carbocycles. The van der Waals surface area contributed by atoms with Crippen LogP contribution in [-0.4, -0.2) is 11.1 Å². The second-order valence-electron chi connectivity index (χ2n) is 3.63. The molecule has 98 valence electrons. The fourth-order valence-electron chi connectivity index (χ4n) is 1.38. The fourth-order valence-corrected chi connectivity index (χ4v) is 1.74. The minimum atomic E-state index is -1.23. The van der Waals surface area contributed by atoms with E-state index >= 15 is 0 Å². The van der Waals surface area contributed by atoms with Gasteiger partial charge in [-0.15, -0.1) is 0 Å². The standard InChI is InChI=1S/C13H7BrF2O3/c14-9-6-8(2-3-10(9)15)19-12-4-1-7(13(17)18)5-11(12)16/h1-6H,(H,17,18). The fraction of sp³-hybridized carbons (Fsp3) is 0. The molecule has 0 saturated heterocycles. The van der Waals surface area contributed by atoms with Gasteiger partial charge in [-0.1, -0.05) is 0 Å². The summed E-state index contributed by atoms with van der Waals surface area (Å²) in [5, 5.41) is 8.70. The average molecular weight is 329 g/mol. The Labute approximate surface area is 115 Å². The molecular weight excluding hydrogens is 322 g/mol. The Bertz CT molecular complexity index is 644. The molecule has 0 fully saturated rings. The Balaban J connectivity index is 2.28. The normalized spacial score (nSPS) is 10.3. The number of hydrogen-bond donors (Lipinski definition) is 1. The van der Waals surface area contributed by atoms with Gasteiger partial charge in [-0.05, 0) is 52.3 Å². The van der Waals surface area contributed by atoms with E-state index in [0.717, 1.165) is 6.07 Å². The maximum atomic E-state index is 13.6. The average Bonchev–Trinajstić information content (AvgIpc) is 2.36. The van der Waals surface area contributed by atoms with Gasteiger partial charge in [-0.3, -0.25) is 0 Å². The van der Waals surface area contributed by atoms with Crippen molar-refractivity contribution in [2.75, 3.05) is 0 Å². The second kappa shape index (κ2) is 5.36. The molecule has 0 heterocycles. The van der Waals surface area contributed by atoms with Gasteiger partial charge in [0.1, 0.15) is 11.6 Å².